The van der Waals surface area contributed by atoms with Crippen LogP contribution in [0.4, 0.5) is 5.69 Å². The second kappa shape index (κ2) is 11.2. The number of methoxy groups -OCH3 is 2. The Hall–Kier alpha value is -3.27. The minimum absolute atomic E-state index is 0.00497. The summed E-state index contributed by atoms with van der Waals surface area (Å²) in [5.41, 5.74) is 3.05. The van der Waals surface area contributed by atoms with Gasteiger partial charge in [0.15, 0.2) is 0 Å². The molecule has 0 radical (unpaired) electrons. The number of amides is 1. The Kier molecular flexibility index (Phi) is 8.38. The van der Waals surface area contributed by atoms with Crippen molar-refractivity contribution in [3.05, 3.63) is 82.3 Å². The Morgan fingerprint density at radius 3 is 2.29 bits per heavy atom. The third kappa shape index (κ3) is 6.19. The van der Waals surface area contributed by atoms with E-state index in [1.54, 1.807) is 36.4 Å². The SMILES string of the molecule is COc1ccc(/C=N\NC(=O)CN(c2cc(Cl)cc(Cl)c2)S(=O)(=O)c2ccccc2)c(OC)c1. The Morgan fingerprint density at radius 2 is 1.68 bits per heavy atom. The first-order valence-corrected chi connectivity index (χ1v) is 12.0. The molecule has 1 N–H and O–H groups in total. The minimum Gasteiger partial charge on any atom is -0.497 e. The highest BCUT2D eigenvalue weighted by Gasteiger charge is 2.27. The first-order valence-electron chi connectivity index (χ1n) is 9.82. The van der Waals surface area contributed by atoms with Crippen molar-refractivity contribution in [3.8, 4) is 11.5 Å². The van der Waals surface area contributed by atoms with Gasteiger partial charge in [0.25, 0.3) is 15.9 Å². The lowest BCUT2D eigenvalue weighted by Gasteiger charge is -2.24. The van der Waals surface area contributed by atoms with Gasteiger partial charge in [0.1, 0.15) is 18.0 Å². The summed E-state index contributed by atoms with van der Waals surface area (Å²) in [5.74, 6) is 0.401. The molecule has 0 unspecified atom stereocenters. The van der Waals surface area contributed by atoms with Crippen molar-refractivity contribution in [2.45, 2.75) is 4.90 Å². The molecular weight excluding hydrogens is 501 g/mol. The number of sulfonamides is 1. The van der Waals surface area contributed by atoms with E-state index < -0.39 is 22.5 Å². The van der Waals surface area contributed by atoms with E-state index >= 15 is 0 Å². The van der Waals surface area contributed by atoms with E-state index in [1.807, 2.05) is 0 Å². The average molecular weight is 522 g/mol. The average Bonchev–Trinajstić information content (AvgIpc) is 2.82. The zero-order valence-corrected chi connectivity index (χ0v) is 20.6. The van der Waals surface area contributed by atoms with Gasteiger partial charge < -0.3 is 9.47 Å². The molecule has 1 amide bonds. The smallest absolute Gasteiger partial charge is 0.264 e. The van der Waals surface area contributed by atoms with E-state index in [-0.39, 0.29) is 20.6 Å². The summed E-state index contributed by atoms with van der Waals surface area (Å²) in [5, 5.41) is 4.37. The molecule has 8 nitrogen and oxygen atoms in total. The molecule has 3 aromatic carbocycles. The number of hydrazone groups is 1. The number of rotatable bonds is 9. The molecule has 0 bridgehead atoms. The maximum atomic E-state index is 13.3. The quantitative estimate of drug-likeness (QED) is 0.333. The van der Waals surface area contributed by atoms with Crippen molar-refractivity contribution in [2.24, 2.45) is 5.10 Å². The van der Waals surface area contributed by atoms with Crippen LogP contribution in [0.3, 0.4) is 0 Å². The normalized spacial score (nSPS) is 11.3. The lowest BCUT2D eigenvalue weighted by Crippen LogP contribution is -2.39. The predicted molar refractivity (Wildman–Crippen MR) is 133 cm³/mol. The van der Waals surface area contributed by atoms with Crippen LogP contribution in [0.5, 0.6) is 11.5 Å². The molecule has 3 aromatic rings. The molecular formula is C23H21Cl2N3O5S. The fraction of sp³-hybridized carbons (Fsp3) is 0.130. The highest BCUT2D eigenvalue weighted by Crippen LogP contribution is 2.29. The fourth-order valence-corrected chi connectivity index (χ4v) is 4.92. The third-order valence-electron chi connectivity index (χ3n) is 4.59. The van der Waals surface area contributed by atoms with Crippen LogP contribution in [0.25, 0.3) is 0 Å². The zero-order chi connectivity index (χ0) is 24.7. The van der Waals surface area contributed by atoms with E-state index in [4.69, 9.17) is 32.7 Å². The Labute approximate surface area is 207 Å². The van der Waals surface area contributed by atoms with Crippen molar-refractivity contribution in [1.82, 2.24) is 5.43 Å². The summed E-state index contributed by atoms with van der Waals surface area (Å²) in [7, 11) is -1.08. The van der Waals surface area contributed by atoms with Crippen molar-refractivity contribution < 1.29 is 22.7 Å². The Bertz CT molecular complexity index is 1280. The van der Waals surface area contributed by atoms with Gasteiger partial charge in [-0.25, -0.2) is 13.8 Å². The third-order valence-corrected chi connectivity index (χ3v) is 6.81. The number of hydrogen-bond donors (Lipinski definition) is 1. The van der Waals surface area contributed by atoms with Crippen LogP contribution in [0.2, 0.25) is 10.0 Å². The van der Waals surface area contributed by atoms with Gasteiger partial charge in [-0.3, -0.25) is 9.10 Å². The molecule has 0 aromatic heterocycles. The van der Waals surface area contributed by atoms with Gasteiger partial charge in [-0.05, 0) is 42.5 Å². The van der Waals surface area contributed by atoms with Gasteiger partial charge in [-0.15, -0.1) is 0 Å². The van der Waals surface area contributed by atoms with Crippen LogP contribution in [0.15, 0.2) is 76.7 Å². The van der Waals surface area contributed by atoms with Crippen LogP contribution >= 0.6 is 23.2 Å². The van der Waals surface area contributed by atoms with Gasteiger partial charge in [0.2, 0.25) is 0 Å². The van der Waals surface area contributed by atoms with Crippen LogP contribution in [0.1, 0.15) is 5.56 Å². The number of ether oxygens (including phenoxy) is 2. The standard InChI is InChI=1S/C23H21Cl2N3O5S/c1-32-20-9-8-16(22(13-20)33-2)14-26-27-23(29)15-28(19-11-17(24)10-18(25)12-19)34(30,31)21-6-4-3-5-7-21/h3-14H,15H2,1-2H3,(H,27,29)/b26-14-. The maximum Gasteiger partial charge on any atom is 0.264 e. The molecule has 0 fully saturated rings. The molecule has 0 heterocycles. The van der Waals surface area contributed by atoms with Gasteiger partial charge in [-0.1, -0.05) is 41.4 Å². The second-order valence-electron chi connectivity index (χ2n) is 6.85. The van der Waals surface area contributed by atoms with Crippen LogP contribution < -0.4 is 19.2 Å². The molecule has 0 aliphatic carbocycles. The second-order valence-corrected chi connectivity index (χ2v) is 9.59. The van der Waals surface area contributed by atoms with Crippen molar-refractivity contribution in [2.75, 3.05) is 25.1 Å². The molecule has 0 spiro atoms. The molecule has 178 valence electrons. The predicted octanol–water partition coefficient (Wildman–Crippen LogP) is 4.36. The van der Waals surface area contributed by atoms with E-state index in [1.165, 1.54) is 50.8 Å². The number of halogens is 2. The molecule has 0 aliphatic heterocycles. The number of carbonyl (C=O) groups excluding carboxylic acids is 1. The van der Waals surface area contributed by atoms with Crippen LogP contribution in [-0.2, 0) is 14.8 Å². The van der Waals surface area contributed by atoms with Crippen LogP contribution in [-0.4, -0.2) is 41.3 Å². The van der Waals surface area contributed by atoms with Gasteiger partial charge in [0.05, 0.1) is 31.0 Å². The van der Waals surface area contributed by atoms with E-state index in [0.717, 1.165) is 4.31 Å². The molecule has 0 saturated carbocycles. The molecule has 34 heavy (non-hydrogen) atoms. The Balaban J connectivity index is 1.85. The van der Waals surface area contributed by atoms with E-state index in [9.17, 15) is 13.2 Å². The fourth-order valence-electron chi connectivity index (χ4n) is 2.98. The molecule has 0 saturated heterocycles. The van der Waals surface area contributed by atoms with Crippen molar-refractivity contribution in [1.29, 1.82) is 0 Å². The lowest BCUT2D eigenvalue weighted by atomic mass is 10.2. The first-order chi connectivity index (χ1) is 16.2. The largest absolute Gasteiger partial charge is 0.497 e. The summed E-state index contributed by atoms with van der Waals surface area (Å²) in [6.45, 7) is -0.564. The number of anilines is 1. The molecule has 3 rings (SSSR count). The molecule has 11 heteroatoms. The monoisotopic (exact) mass is 521 g/mol. The number of nitrogens with one attached hydrogen (secondary N) is 1. The van der Waals surface area contributed by atoms with Crippen molar-refractivity contribution >= 4 is 51.0 Å². The molecule has 0 aliphatic rings. The molecule has 0 atom stereocenters. The topological polar surface area (TPSA) is 97.3 Å². The number of hydrogen-bond acceptors (Lipinski definition) is 6. The van der Waals surface area contributed by atoms with Crippen LogP contribution in [0, 0.1) is 0 Å². The van der Waals surface area contributed by atoms with E-state index in [0.29, 0.717) is 17.1 Å². The summed E-state index contributed by atoms with van der Waals surface area (Å²) < 4.78 is 38.0. The Morgan fingerprint density at radius 1 is 1.00 bits per heavy atom. The maximum absolute atomic E-state index is 13.3. The summed E-state index contributed by atoms with van der Waals surface area (Å²) in [6.07, 6.45) is 1.38. The summed E-state index contributed by atoms with van der Waals surface area (Å²) in [4.78, 5) is 12.7. The number of carbonyl (C=O) groups is 1. The van der Waals surface area contributed by atoms with Gasteiger partial charge >= 0.3 is 0 Å². The summed E-state index contributed by atoms with van der Waals surface area (Å²) in [6, 6.07) is 17.1. The highest BCUT2D eigenvalue weighted by molar-refractivity contribution is 7.92. The number of nitrogens with zero attached hydrogens (tertiary/aromatic N) is 2. The van der Waals surface area contributed by atoms with Gasteiger partial charge in [0, 0.05) is 21.7 Å². The number of benzene rings is 3. The van der Waals surface area contributed by atoms with Crippen molar-refractivity contribution in [3.63, 3.8) is 0 Å². The first kappa shape index (κ1) is 25.4. The summed E-state index contributed by atoms with van der Waals surface area (Å²) >= 11 is 12.2. The highest BCUT2D eigenvalue weighted by atomic mass is 35.5. The minimum atomic E-state index is -4.11. The van der Waals surface area contributed by atoms with E-state index in [2.05, 4.69) is 10.5 Å². The zero-order valence-electron chi connectivity index (χ0n) is 18.2. The lowest BCUT2D eigenvalue weighted by molar-refractivity contribution is -0.119. The van der Waals surface area contributed by atoms with Gasteiger partial charge in [-0.2, -0.15) is 5.10 Å².